The van der Waals surface area contributed by atoms with Crippen LogP contribution in [0.4, 0.5) is 5.95 Å². The lowest BCUT2D eigenvalue weighted by atomic mass is 10.1. The highest BCUT2D eigenvalue weighted by atomic mass is 32.1. The van der Waals surface area contributed by atoms with Gasteiger partial charge in [-0.05, 0) is 23.4 Å². The number of hydrogen-bond donors (Lipinski definition) is 1. The van der Waals surface area contributed by atoms with Crippen molar-refractivity contribution in [3.05, 3.63) is 39.8 Å². The maximum absolute atomic E-state index is 5.00. The maximum atomic E-state index is 5.00. The Balaban J connectivity index is 1.57. The van der Waals surface area contributed by atoms with E-state index in [-0.39, 0.29) is 0 Å². The molecular weight excluding hydrogens is 284 g/mol. The Labute approximate surface area is 129 Å². The van der Waals surface area contributed by atoms with E-state index < -0.39 is 0 Å². The van der Waals surface area contributed by atoms with Crippen molar-refractivity contribution < 1.29 is 4.74 Å². The third-order valence-electron chi connectivity index (χ3n) is 3.59. The quantitative estimate of drug-likeness (QED) is 0.825. The molecular formula is C15H20N4OS. The lowest BCUT2D eigenvalue weighted by Crippen LogP contribution is -2.31. The second-order valence-electron chi connectivity index (χ2n) is 5.10. The summed E-state index contributed by atoms with van der Waals surface area (Å²) in [6.45, 7) is 4.25. The number of thiophene rings is 1. The van der Waals surface area contributed by atoms with Gasteiger partial charge in [-0.25, -0.2) is 9.97 Å². The fourth-order valence-electron chi connectivity index (χ4n) is 2.43. The van der Waals surface area contributed by atoms with Crippen molar-refractivity contribution in [3.8, 4) is 0 Å². The van der Waals surface area contributed by atoms with Crippen LogP contribution in [0.25, 0.3) is 0 Å². The second kappa shape index (κ2) is 6.98. The first-order valence-electron chi connectivity index (χ1n) is 7.17. The fourth-order valence-corrected chi connectivity index (χ4v) is 3.32. The molecule has 112 valence electrons. The number of aromatic nitrogens is 2. The summed E-state index contributed by atoms with van der Waals surface area (Å²) >= 11 is 1.85. The Morgan fingerprint density at radius 1 is 1.38 bits per heavy atom. The highest BCUT2D eigenvalue weighted by molar-refractivity contribution is 7.10. The molecule has 0 saturated heterocycles. The first kappa shape index (κ1) is 14.4. The molecule has 0 saturated carbocycles. The lowest BCUT2D eigenvalue weighted by Gasteiger charge is -2.26. The molecule has 0 aromatic carbocycles. The van der Waals surface area contributed by atoms with Crippen molar-refractivity contribution in [1.82, 2.24) is 15.3 Å². The van der Waals surface area contributed by atoms with Crippen LogP contribution in [0.2, 0.25) is 0 Å². The highest BCUT2D eigenvalue weighted by Gasteiger charge is 2.18. The standard InChI is InChI=1S/C15H20N4OS/c1-20-6-4-16-8-12-9-17-15(18-10-12)19-5-2-14-13(11-19)3-7-21-14/h3,7,9-10,16H,2,4-6,8,11H2,1H3. The minimum absolute atomic E-state index is 0.718. The lowest BCUT2D eigenvalue weighted by molar-refractivity contribution is 0.199. The van der Waals surface area contributed by atoms with Crippen LogP contribution in [-0.4, -0.2) is 36.8 Å². The molecule has 1 aliphatic rings. The average Bonchev–Trinajstić information content (AvgIpc) is 3.00. The zero-order chi connectivity index (χ0) is 14.5. The largest absolute Gasteiger partial charge is 0.383 e. The van der Waals surface area contributed by atoms with E-state index in [0.717, 1.165) is 50.7 Å². The molecule has 21 heavy (non-hydrogen) atoms. The van der Waals surface area contributed by atoms with Gasteiger partial charge in [0.1, 0.15) is 0 Å². The minimum atomic E-state index is 0.718. The van der Waals surface area contributed by atoms with Gasteiger partial charge >= 0.3 is 0 Å². The van der Waals surface area contributed by atoms with Crippen molar-refractivity contribution in [2.24, 2.45) is 0 Å². The molecule has 6 heteroatoms. The number of nitrogens with one attached hydrogen (secondary N) is 1. The Kier molecular flexibility index (Phi) is 4.80. The second-order valence-corrected chi connectivity index (χ2v) is 6.10. The zero-order valence-electron chi connectivity index (χ0n) is 12.2. The van der Waals surface area contributed by atoms with Crippen LogP contribution < -0.4 is 10.2 Å². The van der Waals surface area contributed by atoms with Gasteiger partial charge in [0.2, 0.25) is 5.95 Å². The Bertz CT molecular complexity index is 569. The Morgan fingerprint density at radius 3 is 3.05 bits per heavy atom. The molecule has 0 radical (unpaired) electrons. The predicted molar refractivity (Wildman–Crippen MR) is 84.7 cm³/mol. The molecule has 0 atom stereocenters. The topological polar surface area (TPSA) is 50.3 Å². The van der Waals surface area contributed by atoms with E-state index in [4.69, 9.17) is 4.74 Å². The first-order valence-corrected chi connectivity index (χ1v) is 8.05. The summed E-state index contributed by atoms with van der Waals surface area (Å²) in [5, 5.41) is 5.46. The summed E-state index contributed by atoms with van der Waals surface area (Å²) in [5.74, 6) is 0.826. The number of anilines is 1. The van der Waals surface area contributed by atoms with Crippen LogP contribution in [0.5, 0.6) is 0 Å². The molecule has 1 N–H and O–H groups in total. The summed E-state index contributed by atoms with van der Waals surface area (Å²) in [4.78, 5) is 12.8. The molecule has 0 fully saturated rings. The summed E-state index contributed by atoms with van der Waals surface area (Å²) in [7, 11) is 1.71. The Morgan fingerprint density at radius 2 is 2.24 bits per heavy atom. The molecule has 0 amide bonds. The molecule has 1 aliphatic heterocycles. The molecule has 0 bridgehead atoms. The van der Waals surface area contributed by atoms with Gasteiger partial charge in [-0.3, -0.25) is 0 Å². The summed E-state index contributed by atoms with van der Waals surface area (Å²) in [6.07, 6.45) is 4.91. The van der Waals surface area contributed by atoms with Crippen LogP contribution in [-0.2, 0) is 24.2 Å². The summed E-state index contributed by atoms with van der Waals surface area (Å²) in [5.41, 5.74) is 2.52. The molecule has 3 rings (SSSR count). The fraction of sp³-hybridized carbons (Fsp3) is 0.467. The maximum Gasteiger partial charge on any atom is 0.225 e. The third-order valence-corrected chi connectivity index (χ3v) is 4.62. The van der Waals surface area contributed by atoms with Gasteiger partial charge in [0.25, 0.3) is 0 Å². The van der Waals surface area contributed by atoms with Crippen molar-refractivity contribution >= 4 is 17.3 Å². The number of ether oxygens (including phenoxy) is 1. The van der Waals surface area contributed by atoms with E-state index in [1.807, 2.05) is 23.7 Å². The van der Waals surface area contributed by atoms with Crippen LogP contribution in [0.3, 0.4) is 0 Å². The monoisotopic (exact) mass is 304 g/mol. The first-order chi connectivity index (χ1) is 10.4. The van der Waals surface area contributed by atoms with Crippen molar-refractivity contribution in [2.75, 3.05) is 31.7 Å². The van der Waals surface area contributed by atoms with Crippen molar-refractivity contribution in [2.45, 2.75) is 19.5 Å². The normalized spacial score (nSPS) is 14.2. The molecule has 2 aromatic rings. The van der Waals surface area contributed by atoms with E-state index in [9.17, 15) is 0 Å². The third kappa shape index (κ3) is 3.58. The molecule has 2 aromatic heterocycles. The highest BCUT2D eigenvalue weighted by Crippen LogP contribution is 2.25. The van der Waals surface area contributed by atoms with Crippen LogP contribution in [0, 0.1) is 0 Å². The van der Waals surface area contributed by atoms with Gasteiger partial charge in [-0.15, -0.1) is 11.3 Å². The van der Waals surface area contributed by atoms with Crippen molar-refractivity contribution in [3.63, 3.8) is 0 Å². The van der Waals surface area contributed by atoms with E-state index >= 15 is 0 Å². The van der Waals surface area contributed by atoms with E-state index in [1.165, 1.54) is 10.4 Å². The number of nitrogens with zero attached hydrogens (tertiary/aromatic N) is 3. The van der Waals surface area contributed by atoms with Gasteiger partial charge in [0.05, 0.1) is 6.61 Å². The molecule has 0 aliphatic carbocycles. The number of rotatable bonds is 6. The van der Waals surface area contributed by atoms with Crippen LogP contribution >= 0.6 is 11.3 Å². The van der Waals surface area contributed by atoms with Crippen molar-refractivity contribution in [1.29, 1.82) is 0 Å². The van der Waals surface area contributed by atoms with E-state index in [1.54, 1.807) is 7.11 Å². The molecule has 5 nitrogen and oxygen atoms in total. The number of methoxy groups -OCH3 is 1. The van der Waals surface area contributed by atoms with Gasteiger partial charge in [-0.2, -0.15) is 0 Å². The minimum Gasteiger partial charge on any atom is -0.383 e. The van der Waals surface area contributed by atoms with E-state index in [2.05, 4.69) is 31.6 Å². The molecule has 0 spiro atoms. The Hall–Kier alpha value is -1.50. The number of hydrogen-bond acceptors (Lipinski definition) is 6. The SMILES string of the molecule is COCCNCc1cnc(N2CCc3sccc3C2)nc1. The summed E-state index contributed by atoms with van der Waals surface area (Å²) < 4.78 is 5.00. The van der Waals surface area contributed by atoms with E-state index in [0.29, 0.717) is 0 Å². The predicted octanol–water partition coefficient (Wildman–Crippen LogP) is 1.84. The zero-order valence-corrected chi connectivity index (χ0v) is 13.0. The average molecular weight is 304 g/mol. The van der Waals surface area contributed by atoms with Gasteiger partial charge < -0.3 is 15.0 Å². The van der Waals surface area contributed by atoms with Gasteiger partial charge in [-0.1, -0.05) is 0 Å². The van der Waals surface area contributed by atoms with Crippen LogP contribution in [0.1, 0.15) is 16.0 Å². The molecule has 3 heterocycles. The smallest absolute Gasteiger partial charge is 0.225 e. The van der Waals surface area contributed by atoms with Crippen LogP contribution in [0.15, 0.2) is 23.8 Å². The number of fused-ring (bicyclic) bond motifs is 1. The van der Waals surface area contributed by atoms with Gasteiger partial charge in [0.15, 0.2) is 0 Å². The molecule has 0 unspecified atom stereocenters. The summed E-state index contributed by atoms with van der Waals surface area (Å²) in [6, 6.07) is 2.21. The van der Waals surface area contributed by atoms with Gasteiger partial charge in [0, 0.05) is 56.1 Å².